The first-order valence-corrected chi connectivity index (χ1v) is 10.4. The van der Waals surface area contributed by atoms with E-state index in [9.17, 15) is 9.59 Å². The molecule has 0 bridgehead atoms. The molecule has 0 fully saturated rings. The van der Waals surface area contributed by atoms with Crippen LogP contribution in [0.1, 0.15) is 41.1 Å². The van der Waals surface area contributed by atoms with Gasteiger partial charge in [-0.1, -0.05) is 42.5 Å². The van der Waals surface area contributed by atoms with Gasteiger partial charge in [0.1, 0.15) is 0 Å². The third-order valence-electron chi connectivity index (χ3n) is 5.86. The molecule has 154 valence electrons. The Morgan fingerprint density at radius 1 is 1.07 bits per heavy atom. The van der Waals surface area contributed by atoms with Crippen molar-refractivity contribution in [1.29, 1.82) is 0 Å². The standard InChI is InChI=1S/C24H31N3O2/c1-17-9-7-10-18(2)24(17)25-22(28)15-26(3)16-23(29)27(4)21-14-8-12-19-11-5-6-13-20(19)21/h5-7,9-11,13,21H,8,12,14-16H2,1-4H3,(H,25,28)/p+1/t21-/m1/s1. The highest BCUT2D eigenvalue weighted by molar-refractivity contribution is 5.93. The number of amides is 2. The maximum atomic E-state index is 12.9. The molecule has 0 aliphatic heterocycles. The number of benzene rings is 2. The minimum atomic E-state index is -0.0710. The third-order valence-corrected chi connectivity index (χ3v) is 5.86. The monoisotopic (exact) mass is 394 g/mol. The SMILES string of the molecule is Cc1cccc(C)c1NC(=O)C[NH+](C)CC(=O)N(C)[C@@H]1CCCc2ccccc21. The van der Waals surface area contributed by atoms with Gasteiger partial charge < -0.3 is 15.1 Å². The number of fused-ring (bicyclic) bond motifs is 1. The van der Waals surface area contributed by atoms with Gasteiger partial charge in [-0.15, -0.1) is 0 Å². The largest absolute Gasteiger partial charge is 0.334 e. The molecular formula is C24H32N3O2+. The zero-order chi connectivity index (χ0) is 21.0. The van der Waals surface area contributed by atoms with Crippen LogP contribution < -0.4 is 10.2 Å². The summed E-state index contributed by atoms with van der Waals surface area (Å²) in [5, 5.41) is 3.00. The lowest BCUT2D eigenvalue weighted by Crippen LogP contribution is -3.11. The number of carbonyl (C=O) groups is 2. The summed E-state index contributed by atoms with van der Waals surface area (Å²) < 4.78 is 0. The van der Waals surface area contributed by atoms with Crippen molar-refractivity contribution in [2.45, 2.75) is 39.2 Å². The van der Waals surface area contributed by atoms with Crippen molar-refractivity contribution >= 4 is 17.5 Å². The summed E-state index contributed by atoms with van der Waals surface area (Å²) in [6.07, 6.45) is 3.17. The van der Waals surface area contributed by atoms with Crippen molar-refractivity contribution in [3.63, 3.8) is 0 Å². The van der Waals surface area contributed by atoms with Gasteiger partial charge >= 0.3 is 0 Å². The van der Waals surface area contributed by atoms with Crippen molar-refractivity contribution in [2.24, 2.45) is 0 Å². The second kappa shape index (κ2) is 9.23. The van der Waals surface area contributed by atoms with E-state index in [2.05, 4.69) is 23.5 Å². The molecule has 2 aromatic carbocycles. The lowest BCUT2D eigenvalue weighted by Gasteiger charge is -2.33. The lowest BCUT2D eigenvalue weighted by molar-refractivity contribution is -0.862. The van der Waals surface area contributed by atoms with Crippen LogP contribution in [0.5, 0.6) is 0 Å². The topological polar surface area (TPSA) is 53.9 Å². The van der Waals surface area contributed by atoms with Gasteiger partial charge in [0.05, 0.1) is 13.1 Å². The first kappa shape index (κ1) is 21.1. The molecule has 0 saturated heterocycles. The number of para-hydroxylation sites is 1. The summed E-state index contributed by atoms with van der Waals surface area (Å²) in [4.78, 5) is 28.1. The van der Waals surface area contributed by atoms with Crippen LogP contribution in [0.3, 0.4) is 0 Å². The van der Waals surface area contributed by atoms with Crippen LogP contribution in [0.2, 0.25) is 0 Å². The smallest absolute Gasteiger partial charge is 0.279 e. The molecule has 2 aromatic rings. The summed E-state index contributed by atoms with van der Waals surface area (Å²) in [5.41, 5.74) is 5.57. The average Bonchev–Trinajstić information content (AvgIpc) is 2.69. The van der Waals surface area contributed by atoms with Gasteiger partial charge in [0.25, 0.3) is 11.8 Å². The van der Waals surface area contributed by atoms with Gasteiger partial charge in [-0.25, -0.2) is 0 Å². The molecule has 2 N–H and O–H groups in total. The first-order valence-electron chi connectivity index (χ1n) is 10.4. The molecule has 3 rings (SSSR count). The minimum Gasteiger partial charge on any atom is -0.334 e. The Labute approximate surface area is 173 Å². The number of likely N-dealkylation sites (N-methyl/N-ethyl adjacent to an activating group) is 2. The Morgan fingerprint density at radius 2 is 1.76 bits per heavy atom. The number of anilines is 1. The van der Waals surface area contributed by atoms with Crippen molar-refractivity contribution in [2.75, 3.05) is 32.5 Å². The highest BCUT2D eigenvalue weighted by Gasteiger charge is 2.28. The molecule has 1 aliphatic carbocycles. The Hall–Kier alpha value is -2.66. The quantitative estimate of drug-likeness (QED) is 0.790. The molecule has 1 aliphatic rings. The summed E-state index contributed by atoms with van der Waals surface area (Å²) in [7, 11) is 3.78. The highest BCUT2D eigenvalue weighted by atomic mass is 16.2. The summed E-state index contributed by atoms with van der Waals surface area (Å²) in [6, 6.07) is 14.5. The molecule has 1 unspecified atom stereocenters. The van der Waals surface area contributed by atoms with Crippen molar-refractivity contribution < 1.29 is 14.5 Å². The number of nitrogens with one attached hydrogen (secondary N) is 2. The van der Waals surface area contributed by atoms with Crippen LogP contribution in [0.15, 0.2) is 42.5 Å². The molecule has 0 heterocycles. The van der Waals surface area contributed by atoms with E-state index < -0.39 is 0 Å². The minimum absolute atomic E-state index is 0.0710. The molecule has 5 heteroatoms. The number of hydrogen-bond donors (Lipinski definition) is 2. The number of aryl methyl sites for hydroxylation is 3. The van der Waals surface area contributed by atoms with Crippen molar-refractivity contribution in [1.82, 2.24) is 4.90 Å². The summed E-state index contributed by atoms with van der Waals surface area (Å²) in [6.45, 7) is 4.53. The third kappa shape index (κ3) is 5.04. The number of quaternary nitrogens is 1. The van der Waals surface area contributed by atoms with Crippen LogP contribution in [-0.4, -0.2) is 43.9 Å². The predicted molar refractivity (Wildman–Crippen MR) is 116 cm³/mol. The van der Waals surface area contributed by atoms with E-state index in [1.165, 1.54) is 11.1 Å². The molecule has 2 atom stereocenters. The Morgan fingerprint density at radius 3 is 2.48 bits per heavy atom. The van der Waals surface area contributed by atoms with Gasteiger partial charge in [-0.2, -0.15) is 0 Å². The normalized spacial score (nSPS) is 16.6. The number of nitrogens with zero attached hydrogens (tertiary/aromatic N) is 1. The number of carbonyl (C=O) groups excluding carboxylic acids is 2. The maximum Gasteiger partial charge on any atom is 0.279 e. The van der Waals surface area contributed by atoms with E-state index in [1.807, 2.05) is 57.1 Å². The fraction of sp³-hybridized carbons (Fsp3) is 0.417. The molecule has 0 radical (unpaired) electrons. The summed E-state index contributed by atoms with van der Waals surface area (Å²) >= 11 is 0. The second-order valence-corrected chi connectivity index (χ2v) is 8.24. The van der Waals surface area contributed by atoms with Gasteiger partial charge in [0.2, 0.25) is 0 Å². The first-order chi connectivity index (χ1) is 13.9. The zero-order valence-corrected chi connectivity index (χ0v) is 17.9. The Balaban J connectivity index is 1.57. The maximum absolute atomic E-state index is 12.9. The van der Waals surface area contributed by atoms with Crippen molar-refractivity contribution in [3.05, 3.63) is 64.7 Å². The fourth-order valence-electron chi connectivity index (χ4n) is 4.22. The van der Waals surface area contributed by atoms with Crippen LogP contribution >= 0.6 is 0 Å². The Kier molecular flexibility index (Phi) is 6.70. The van der Waals surface area contributed by atoms with E-state index >= 15 is 0 Å². The lowest BCUT2D eigenvalue weighted by atomic mass is 9.87. The predicted octanol–water partition coefficient (Wildman–Crippen LogP) is 2.29. The van der Waals surface area contributed by atoms with Crippen LogP contribution in [-0.2, 0) is 16.0 Å². The van der Waals surface area contributed by atoms with Gasteiger partial charge in [0.15, 0.2) is 13.1 Å². The van der Waals surface area contributed by atoms with Crippen LogP contribution in [0, 0.1) is 13.8 Å². The number of rotatable bonds is 6. The van der Waals surface area contributed by atoms with E-state index in [-0.39, 0.29) is 24.4 Å². The molecule has 0 saturated carbocycles. The van der Waals surface area contributed by atoms with Gasteiger partial charge in [0, 0.05) is 12.7 Å². The van der Waals surface area contributed by atoms with E-state index in [0.29, 0.717) is 6.54 Å². The average molecular weight is 395 g/mol. The molecule has 0 aromatic heterocycles. The van der Waals surface area contributed by atoms with Gasteiger partial charge in [-0.05, 0) is 55.4 Å². The number of hydrogen-bond acceptors (Lipinski definition) is 2. The molecule has 29 heavy (non-hydrogen) atoms. The van der Waals surface area contributed by atoms with Gasteiger partial charge in [-0.3, -0.25) is 9.59 Å². The molecule has 0 spiro atoms. The van der Waals surface area contributed by atoms with Crippen LogP contribution in [0.4, 0.5) is 5.69 Å². The zero-order valence-electron chi connectivity index (χ0n) is 17.9. The fourth-order valence-corrected chi connectivity index (χ4v) is 4.22. The summed E-state index contributed by atoms with van der Waals surface area (Å²) in [5.74, 6) is 0.00226. The molecule has 2 amide bonds. The van der Waals surface area contributed by atoms with E-state index in [1.54, 1.807) is 0 Å². The Bertz CT molecular complexity index is 873. The second-order valence-electron chi connectivity index (χ2n) is 8.24. The van der Waals surface area contributed by atoms with E-state index in [0.717, 1.165) is 41.0 Å². The molecule has 5 nitrogen and oxygen atoms in total. The molecular weight excluding hydrogens is 362 g/mol. The van der Waals surface area contributed by atoms with Crippen molar-refractivity contribution in [3.8, 4) is 0 Å². The highest BCUT2D eigenvalue weighted by Crippen LogP contribution is 2.33. The van der Waals surface area contributed by atoms with E-state index in [4.69, 9.17) is 0 Å². The van der Waals surface area contributed by atoms with Crippen LogP contribution in [0.25, 0.3) is 0 Å².